The lowest BCUT2D eigenvalue weighted by molar-refractivity contribution is -0.122. The van der Waals surface area contributed by atoms with Gasteiger partial charge in [-0.1, -0.05) is 11.3 Å². The van der Waals surface area contributed by atoms with Crippen molar-refractivity contribution < 1.29 is 32.2 Å². The first-order valence-corrected chi connectivity index (χ1v) is 14.0. The molecule has 2 aromatic carbocycles. The van der Waals surface area contributed by atoms with Gasteiger partial charge in [0.15, 0.2) is 4.80 Å². The topological polar surface area (TPSA) is 117 Å². The molecular formula is C25H29N3O7S2. The van der Waals surface area contributed by atoms with Gasteiger partial charge in [0.05, 0.1) is 41.5 Å². The van der Waals surface area contributed by atoms with Crippen molar-refractivity contribution in [2.75, 3.05) is 41.0 Å². The third-order valence-corrected chi connectivity index (χ3v) is 9.28. The molecule has 1 aromatic heterocycles. The van der Waals surface area contributed by atoms with E-state index >= 15 is 0 Å². The summed E-state index contributed by atoms with van der Waals surface area (Å²) < 4.78 is 45.3. The Kier molecular flexibility index (Phi) is 8.42. The second kappa shape index (κ2) is 11.5. The van der Waals surface area contributed by atoms with E-state index in [0.29, 0.717) is 42.1 Å². The fraction of sp³-hybridized carbons (Fsp3) is 0.400. The van der Waals surface area contributed by atoms with Gasteiger partial charge in [-0.25, -0.2) is 13.2 Å². The summed E-state index contributed by atoms with van der Waals surface area (Å²) in [6.45, 7) is 1.38. The van der Waals surface area contributed by atoms with Gasteiger partial charge >= 0.3 is 5.97 Å². The molecule has 0 atom stereocenters. The Morgan fingerprint density at radius 1 is 1.05 bits per heavy atom. The minimum absolute atomic E-state index is 0.193. The summed E-state index contributed by atoms with van der Waals surface area (Å²) in [6, 6.07) is 11.5. The first-order chi connectivity index (χ1) is 17.8. The normalized spacial score (nSPS) is 15.7. The maximum absolute atomic E-state index is 13.1. The Morgan fingerprint density at radius 3 is 2.38 bits per heavy atom. The standard InChI is InChI=1S/C25H29N3O7S2/c1-33-15-14-28-21-9-4-18(24(30)35-3)16-22(21)36-25(28)26-23(29)17-10-12-27(13-11-17)37(31,32)20-7-5-19(34-2)6-8-20/h4-9,16-17H,10-15H2,1-3H3. The number of nitrogens with zero attached hydrogens (tertiary/aromatic N) is 3. The summed E-state index contributed by atoms with van der Waals surface area (Å²) in [5.41, 5.74) is 1.25. The number of carbonyl (C=O) groups excluding carboxylic acids is 2. The van der Waals surface area contributed by atoms with Gasteiger partial charge in [-0.3, -0.25) is 4.79 Å². The van der Waals surface area contributed by atoms with Gasteiger partial charge in [0.2, 0.25) is 10.0 Å². The third kappa shape index (κ3) is 5.77. The Hall–Kier alpha value is -3.06. The van der Waals surface area contributed by atoms with Crippen LogP contribution in [0.5, 0.6) is 5.75 Å². The molecular weight excluding hydrogens is 518 g/mol. The number of benzene rings is 2. The number of hydrogen-bond acceptors (Lipinski definition) is 8. The van der Waals surface area contributed by atoms with Crippen LogP contribution in [0.4, 0.5) is 0 Å². The molecule has 0 aliphatic carbocycles. The number of methoxy groups -OCH3 is 3. The molecule has 0 N–H and O–H groups in total. The molecule has 4 rings (SSSR count). The van der Waals surface area contributed by atoms with Gasteiger partial charge in [0.25, 0.3) is 5.91 Å². The molecule has 0 bridgehead atoms. The predicted octanol–water partition coefficient (Wildman–Crippen LogP) is 2.67. The summed E-state index contributed by atoms with van der Waals surface area (Å²) in [5, 5.41) is 0. The number of fused-ring (bicyclic) bond motifs is 1. The molecule has 1 aliphatic rings. The van der Waals surface area contributed by atoms with Crippen LogP contribution < -0.4 is 9.54 Å². The average molecular weight is 548 g/mol. The van der Waals surface area contributed by atoms with Gasteiger partial charge in [0, 0.05) is 32.7 Å². The molecule has 10 nitrogen and oxygen atoms in total. The zero-order valence-electron chi connectivity index (χ0n) is 20.9. The van der Waals surface area contributed by atoms with Crippen molar-refractivity contribution in [3.8, 4) is 5.75 Å². The largest absolute Gasteiger partial charge is 0.497 e. The van der Waals surface area contributed by atoms with E-state index in [4.69, 9.17) is 14.2 Å². The summed E-state index contributed by atoms with van der Waals surface area (Å²) in [7, 11) is 0.785. The molecule has 1 amide bonds. The van der Waals surface area contributed by atoms with Crippen molar-refractivity contribution in [3.63, 3.8) is 0 Å². The zero-order valence-corrected chi connectivity index (χ0v) is 22.5. The van der Waals surface area contributed by atoms with E-state index in [1.54, 1.807) is 37.4 Å². The summed E-state index contributed by atoms with van der Waals surface area (Å²) in [6.07, 6.45) is 0.764. The molecule has 0 spiro atoms. The molecule has 198 valence electrons. The molecule has 2 heterocycles. The maximum Gasteiger partial charge on any atom is 0.337 e. The van der Waals surface area contributed by atoms with Crippen LogP contribution in [-0.4, -0.2) is 70.2 Å². The number of aromatic nitrogens is 1. The van der Waals surface area contributed by atoms with E-state index in [1.807, 2.05) is 4.57 Å². The second-order valence-corrected chi connectivity index (χ2v) is 11.5. The number of hydrogen-bond donors (Lipinski definition) is 0. The van der Waals surface area contributed by atoms with Crippen molar-refractivity contribution in [1.29, 1.82) is 0 Å². The minimum Gasteiger partial charge on any atom is -0.497 e. The first-order valence-electron chi connectivity index (χ1n) is 11.7. The van der Waals surface area contributed by atoms with Crippen molar-refractivity contribution in [2.24, 2.45) is 10.9 Å². The quantitative estimate of drug-likeness (QED) is 0.398. The Balaban J connectivity index is 1.53. The molecule has 0 saturated carbocycles. The van der Waals surface area contributed by atoms with Crippen LogP contribution in [0.15, 0.2) is 52.4 Å². The lowest BCUT2D eigenvalue weighted by Gasteiger charge is -2.29. The van der Waals surface area contributed by atoms with Crippen molar-refractivity contribution in [3.05, 3.63) is 52.8 Å². The predicted molar refractivity (Wildman–Crippen MR) is 138 cm³/mol. The number of amides is 1. The fourth-order valence-electron chi connectivity index (χ4n) is 4.23. The highest BCUT2D eigenvalue weighted by molar-refractivity contribution is 7.89. The SMILES string of the molecule is COCCn1c(=NC(=O)C2CCN(S(=O)(=O)c3ccc(OC)cc3)CC2)sc2cc(C(=O)OC)ccc21. The van der Waals surface area contributed by atoms with Crippen molar-refractivity contribution >= 4 is 43.5 Å². The van der Waals surface area contributed by atoms with Gasteiger partial charge in [0.1, 0.15) is 5.75 Å². The molecule has 1 aliphatic heterocycles. The summed E-state index contributed by atoms with van der Waals surface area (Å²) in [4.78, 5) is 30.2. The van der Waals surface area contributed by atoms with Gasteiger partial charge in [-0.15, -0.1) is 0 Å². The Bertz CT molecular complexity index is 1450. The number of piperidine rings is 1. The highest BCUT2D eigenvalue weighted by Crippen LogP contribution is 2.26. The molecule has 0 unspecified atom stereocenters. The van der Waals surface area contributed by atoms with Crippen molar-refractivity contribution in [1.82, 2.24) is 8.87 Å². The van der Waals surface area contributed by atoms with Gasteiger partial charge in [-0.2, -0.15) is 9.30 Å². The Morgan fingerprint density at radius 2 is 1.76 bits per heavy atom. The number of thiazole rings is 1. The molecule has 1 fully saturated rings. The van der Waals surface area contributed by atoms with E-state index in [2.05, 4.69) is 4.99 Å². The molecule has 0 radical (unpaired) electrons. The molecule has 1 saturated heterocycles. The Labute approximate surface area is 219 Å². The molecule has 3 aromatic rings. The number of sulfonamides is 1. The number of carbonyl (C=O) groups is 2. The van der Waals surface area contributed by atoms with E-state index in [0.717, 1.165) is 10.2 Å². The smallest absolute Gasteiger partial charge is 0.337 e. The molecule has 37 heavy (non-hydrogen) atoms. The number of rotatable bonds is 8. The van der Waals surface area contributed by atoms with E-state index < -0.39 is 16.0 Å². The average Bonchev–Trinajstić information content (AvgIpc) is 3.27. The summed E-state index contributed by atoms with van der Waals surface area (Å²) in [5.74, 6) is -0.526. The molecule has 12 heteroatoms. The highest BCUT2D eigenvalue weighted by atomic mass is 32.2. The monoisotopic (exact) mass is 547 g/mol. The van der Waals surface area contributed by atoms with Crippen LogP contribution in [0.3, 0.4) is 0 Å². The summed E-state index contributed by atoms with van der Waals surface area (Å²) >= 11 is 1.31. The number of ether oxygens (including phenoxy) is 3. The van der Waals surface area contributed by atoms with E-state index in [1.165, 1.54) is 42.0 Å². The zero-order chi connectivity index (χ0) is 26.6. The van der Waals surface area contributed by atoms with Gasteiger partial charge in [-0.05, 0) is 55.3 Å². The van der Waals surface area contributed by atoms with Crippen LogP contribution in [-0.2, 0) is 30.8 Å². The van der Waals surface area contributed by atoms with E-state index in [9.17, 15) is 18.0 Å². The van der Waals surface area contributed by atoms with Crippen LogP contribution in [0.25, 0.3) is 10.2 Å². The maximum atomic E-state index is 13.1. The number of esters is 1. The highest BCUT2D eigenvalue weighted by Gasteiger charge is 2.32. The lowest BCUT2D eigenvalue weighted by Crippen LogP contribution is -2.40. The van der Waals surface area contributed by atoms with Crippen LogP contribution >= 0.6 is 11.3 Å². The fourth-order valence-corrected chi connectivity index (χ4v) is 6.80. The lowest BCUT2D eigenvalue weighted by atomic mass is 9.98. The van der Waals surface area contributed by atoms with Gasteiger partial charge < -0.3 is 18.8 Å². The van der Waals surface area contributed by atoms with Crippen molar-refractivity contribution in [2.45, 2.75) is 24.3 Å². The van der Waals surface area contributed by atoms with E-state index in [-0.39, 0.29) is 29.8 Å². The minimum atomic E-state index is -3.66. The second-order valence-electron chi connectivity index (χ2n) is 8.51. The third-order valence-electron chi connectivity index (χ3n) is 6.33. The first kappa shape index (κ1) is 27.0. The van der Waals surface area contributed by atoms with Crippen LogP contribution in [0.2, 0.25) is 0 Å². The van der Waals surface area contributed by atoms with Crippen LogP contribution in [0.1, 0.15) is 23.2 Å². The van der Waals surface area contributed by atoms with Crippen LogP contribution in [0, 0.1) is 5.92 Å².